The average molecular weight is 445 g/mol. The Balaban J connectivity index is 1.35. The van der Waals surface area contributed by atoms with Gasteiger partial charge in [0.05, 0.1) is 5.56 Å². The summed E-state index contributed by atoms with van der Waals surface area (Å²) in [4.78, 5) is 36.8. The van der Waals surface area contributed by atoms with Gasteiger partial charge in [0.2, 0.25) is 0 Å². The highest BCUT2D eigenvalue weighted by Crippen LogP contribution is 2.29. The molecule has 33 heavy (non-hydrogen) atoms. The van der Waals surface area contributed by atoms with E-state index < -0.39 is 0 Å². The molecule has 3 aromatic rings. The van der Waals surface area contributed by atoms with Crippen LogP contribution < -0.4 is 4.90 Å². The van der Waals surface area contributed by atoms with E-state index in [1.54, 1.807) is 0 Å². The first-order valence-corrected chi connectivity index (χ1v) is 11.6. The Bertz CT molecular complexity index is 1110. The minimum atomic E-state index is -0.160. The van der Waals surface area contributed by atoms with Gasteiger partial charge in [-0.15, -0.1) is 0 Å². The molecule has 0 saturated carbocycles. The average Bonchev–Trinajstić information content (AvgIpc) is 3.39. The topological polar surface area (TPSA) is 69.9 Å². The van der Waals surface area contributed by atoms with Crippen LogP contribution in [0, 0.1) is 0 Å². The first kappa shape index (κ1) is 21.2. The lowest BCUT2D eigenvalue weighted by molar-refractivity contribution is 0.0720. The van der Waals surface area contributed by atoms with E-state index in [0.29, 0.717) is 30.0 Å². The number of piperidine rings is 1. The fourth-order valence-corrected chi connectivity index (χ4v) is 4.68. The Hall–Kier alpha value is -3.61. The van der Waals surface area contributed by atoms with Crippen molar-refractivity contribution in [2.75, 3.05) is 44.2 Å². The van der Waals surface area contributed by atoms with Crippen LogP contribution in [0.2, 0.25) is 0 Å². The molecule has 0 N–H and O–H groups in total. The van der Waals surface area contributed by atoms with Gasteiger partial charge >= 0.3 is 0 Å². The third kappa shape index (κ3) is 4.35. The van der Waals surface area contributed by atoms with Crippen LogP contribution in [0.15, 0.2) is 65.4 Å². The molecule has 2 aliphatic rings. The monoisotopic (exact) mass is 444 g/mol. The van der Waals surface area contributed by atoms with Crippen molar-refractivity contribution in [2.45, 2.75) is 19.3 Å². The van der Waals surface area contributed by atoms with E-state index >= 15 is 0 Å². The van der Waals surface area contributed by atoms with E-state index in [9.17, 15) is 9.59 Å². The molecule has 7 nitrogen and oxygen atoms in total. The lowest BCUT2D eigenvalue weighted by Gasteiger charge is -2.35. The Morgan fingerprint density at radius 3 is 2.15 bits per heavy atom. The molecule has 0 unspecified atom stereocenters. The van der Waals surface area contributed by atoms with E-state index in [2.05, 4.69) is 22.0 Å². The van der Waals surface area contributed by atoms with Crippen molar-refractivity contribution in [1.29, 1.82) is 0 Å². The van der Waals surface area contributed by atoms with Crippen LogP contribution in [0.25, 0.3) is 11.3 Å². The number of likely N-dealkylation sites (tertiary alicyclic amines) is 1. The van der Waals surface area contributed by atoms with E-state index in [0.717, 1.165) is 51.1 Å². The van der Waals surface area contributed by atoms with Gasteiger partial charge in [-0.3, -0.25) is 9.59 Å². The summed E-state index contributed by atoms with van der Waals surface area (Å²) in [6, 6.07) is 17.6. The van der Waals surface area contributed by atoms with Crippen molar-refractivity contribution in [3.05, 3.63) is 72.2 Å². The lowest BCUT2D eigenvalue weighted by Crippen LogP contribution is -2.49. The number of benzene rings is 2. The molecule has 0 bridgehead atoms. The second-order valence-electron chi connectivity index (χ2n) is 8.54. The minimum absolute atomic E-state index is 0.0171. The Morgan fingerprint density at radius 1 is 0.727 bits per heavy atom. The van der Waals surface area contributed by atoms with Crippen molar-refractivity contribution in [3.63, 3.8) is 0 Å². The number of anilines is 1. The zero-order chi connectivity index (χ0) is 22.6. The quantitative estimate of drug-likeness (QED) is 0.610. The van der Waals surface area contributed by atoms with Crippen LogP contribution in [-0.4, -0.2) is 65.9 Å². The predicted molar refractivity (Wildman–Crippen MR) is 126 cm³/mol. The molecule has 3 heterocycles. The number of piperazine rings is 1. The fraction of sp³-hybridized carbons (Fsp3) is 0.346. The number of carbonyl (C=O) groups is 2. The van der Waals surface area contributed by atoms with Crippen molar-refractivity contribution in [1.82, 2.24) is 14.8 Å². The number of para-hydroxylation sites is 1. The Labute approximate surface area is 193 Å². The number of oxazole rings is 1. The fourth-order valence-electron chi connectivity index (χ4n) is 4.68. The largest absolute Gasteiger partial charge is 0.443 e. The molecule has 2 fully saturated rings. The summed E-state index contributed by atoms with van der Waals surface area (Å²) in [6.07, 6.45) is 4.50. The summed E-state index contributed by atoms with van der Waals surface area (Å²) in [5.41, 5.74) is 2.61. The van der Waals surface area contributed by atoms with Gasteiger partial charge in [0, 0.05) is 50.5 Å². The molecule has 5 rings (SSSR count). The van der Waals surface area contributed by atoms with Gasteiger partial charge in [-0.1, -0.05) is 36.4 Å². The van der Waals surface area contributed by atoms with Crippen LogP contribution in [0.1, 0.15) is 40.1 Å². The number of hydrogen-bond acceptors (Lipinski definition) is 5. The molecule has 2 aromatic carbocycles. The molecule has 2 saturated heterocycles. The number of hydrogen-bond donors (Lipinski definition) is 0. The molecule has 0 spiro atoms. The number of carbonyl (C=O) groups excluding carboxylic acids is 2. The molecule has 2 aliphatic heterocycles. The van der Waals surface area contributed by atoms with Gasteiger partial charge in [0.25, 0.3) is 11.8 Å². The number of nitrogens with zero attached hydrogens (tertiary/aromatic N) is 4. The Morgan fingerprint density at radius 2 is 1.39 bits per heavy atom. The molecular formula is C26H28N4O3. The SMILES string of the molecule is O=C(c1ccccc1-c1ocnc1C(=O)N1CCN(c2ccccc2)CC1)N1CCCCC1. The summed E-state index contributed by atoms with van der Waals surface area (Å²) >= 11 is 0. The van der Waals surface area contributed by atoms with Crippen LogP contribution in [0.5, 0.6) is 0 Å². The van der Waals surface area contributed by atoms with Crippen LogP contribution in [0.4, 0.5) is 5.69 Å². The van der Waals surface area contributed by atoms with Crippen LogP contribution >= 0.6 is 0 Å². The van der Waals surface area contributed by atoms with Gasteiger partial charge in [0.1, 0.15) is 0 Å². The second kappa shape index (κ2) is 9.48. The third-order valence-electron chi connectivity index (χ3n) is 6.50. The summed E-state index contributed by atoms with van der Waals surface area (Å²) in [5, 5.41) is 0. The molecule has 0 radical (unpaired) electrons. The van der Waals surface area contributed by atoms with Gasteiger partial charge in [-0.2, -0.15) is 0 Å². The molecule has 1 aromatic heterocycles. The summed E-state index contributed by atoms with van der Waals surface area (Å²) < 4.78 is 5.69. The van der Waals surface area contributed by atoms with Gasteiger partial charge < -0.3 is 19.1 Å². The van der Waals surface area contributed by atoms with Crippen molar-refractivity contribution >= 4 is 17.5 Å². The first-order valence-electron chi connectivity index (χ1n) is 11.6. The Kier molecular flexibility index (Phi) is 6.11. The normalized spacial score (nSPS) is 16.7. The van der Waals surface area contributed by atoms with Crippen LogP contribution in [-0.2, 0) is 0 Å². The summed E-state index contributed by atoms with van der Waals surface area (Å²) in [7, 11) is 0. The van der Waals surface area contributed by atoms with E-state index in [-0.39, 0.29) is 17.5 Å². The standard InChI is InChI=1S/C26H28N4O3/c31-25(29-13-7-2-8-14-29)22-12-6-5-11-21(22)24-23(27-19-33-24)26(32)30-17-15-28(16-18-30)20-9-3-1-4-10-20/h1,3-6,9-12,19H,2,7-8,13-18H2. The van der Waals surface area contributed by atoms with Crippen molar-refractivity contribution in [2.24, 2.45) is 0 Å². The second-order valence-corrected chi connectivity index (χ2v) is 8.54. The van der Waals surface area contributed by atoms with Gasteiger partial charge in [-0.05, 0) is 37.5 Å². The number of amides is 2. The predicted octanol–water partition coefficient (Wildman–Crippen LogP) is 3.93. The highest BCUT2D eigenvalue weighted by molar-refractivity contribution is 6.04. The lowest BCUT2D eigenvalue weighted by atomic mass is 10.0. The maximum absolute atomic E-state index is 13.4. The van der Waals surface area contributed by atoms with Crippen LogP contribution in [0.3, 0.4) is 0 Å². The number of rotatable bonds is 4. The first-order chi connectivity index (χ1) is 16.2. The molecular weight excluding hydrogens is 416 g/mol. The number of aromatic nitrogens is 1. The minimum Gasteiger partial charge on any atom is -0.443 e. The van der Waals surface area contributed by atoms with Gasteiger partial charge in [-0.25, -0.2) is 4.98 Å². The summed E-state index contributed by atoms with van der Waals surface area (Å²) in [6.45, 7) is 4.25. The van der Waals surface area contributed by atoms with E-state index in [4.69, 9.17) is 4.42 Å². The smallest absolute Gasteiger partial charge is 0.276 e. The van der Waals surface area contributed by atoms with E-state index in [1.165, 1.54) is 6.39 Å². The van der Waals surface area contributed by atoms with Gasteiger partial charge in [0.15, 0.2) is 17.8 Å². The highest BCUT2D eigenvalue weighted by atomic mass is 16.3. The maximum Gasteiger partial charge on any atom is 0.276 e. The third-order valence-corrected chi connectivity index (χ3v) is 6.50. The maximum atomic E-state index is 13.4. The molecule has 7 heteroatoms. The molecule has 0 aliphatic carbocycles. The molecule has 2 amide bonds. The zero-order valence-corrected chi connectivity index (χ0v) is 18.7. The molecule has 170 valence electrons. The summed E-state index contributed by atoms with van der Waals surface area (Å²) in [5.74, 6) is 0.190. The molecule has 0 atom stereocenters. The van der Waals surface area contributed by atoms with Crippen molar-refractivity contribution < 1.29 is 14.0 Å². The zero-order valence-electron chi connectivity index (χ0n) is 18.7. The van der Waals surface area contributed by atoms with Crippen molar-refractivity contribution in [3.8, 4) is 11.3 Å². The van der Waals surface area contributed by atoms with E-state index in [1.807, 2.05) is 52.3 Å². The highest BCUT2D eigenvalue weighted by Gasteiger charge is 2.29.